The van der Waals surface area contributed by atoms with Gasteiger partial charge in [0, 0.05) is 6.07 Å². The molecular formula is C18H14BrF2N3O2. The number of carbonyl (C=O) groups is 1. The van der Waals surface area contributed by atoms with E-state index in [2.05, 4.69) is 26.3 Å². The summed E-state index contributed by atoms with van der Waals surface area (Å²) >= 11 is 3.38. The van der Waals surface area contributed by atoms with Gasteiger partial charge >= 0.3 is 5.97 Å². The molecule has 0 radical (unpaired) electrons. The number of anilines is 2. The molecule has 0 aliphatic rings. The number of nitrogens with zero attached hydrogens (tertiary/aromatic N) is 2. The standard InChI is InChI=1S/C18H14BrF2N3O2/c1-9-4-3-5-12(18(25)26)16(9)22-17-15(19)10(2)23-24(17)14-8-11(20)6-7-13(14)21/h3-8,22H,1-2H3,(H,25,26). The third kappa shape index (κ3) is 3.20. The van der Waals surface area contributed by atoms with E-state index in [0.717, 1.165) is 18.2 Å². The molecular weight excluding hydrogens is 408 g/mol. The average molecular weight is 422 g/mol. The van der Waals surface area contributed by atoms with Crippen LogP contribution in [-0.2, 0) is 0 Å². The lowest BCUT2D eigenvalue weighted by molar-refractivity contribution is 0.0698. The zero-order chi connectivity index (χ0) is 19.0. The minimum Gasteiger partial charge on any atom is -0.478 e. The monoisotopic (exact) mass is 421 g/mol. The number of rotatable bonds is 4. The molecule has 3 aromatic rings. The first-order valence-corrected chi connectivity index (χ1v) is 8.39. The van der Waals surface area contributed by atoms with Gasteiger partial charge in [-0.1, -0.05) is 12.1 Å². The molecule has 8 heteroatoms. The molecule has 2 N–H and O–H groups in total. The Kier molecular flexibility index (Phi) is 4.78. The highest BCUT2D eigenvalue weighted by Crippen LogP contribution is 2.34. The SMILES string of the molecule is Cc1cccc(C(=O)O)c1Nc1c(Br)c(C)nn1-c1cc(F)ccc1F. The van der Waals surface area contributed by atoms with Crippen LogP contribution in [-0.4, -0.2) is 20.9 Å². The second kappa shape index (κ2) is 6.87. The molecule has 0 unspecified atom stereocenters. The topological polar surface area (TPSA) is 67.2 Å². The highest BCUT2D eigenvalue weighted by molar-refractivity contribution is 9.10. The lowest BCUT2D eigenvalue weighted by Gasteiger charge is -2.15. The first kappa shape index (κ1) is 18.1. The van der Waals surface area contributed by atoms with Crippen LogP contribution in [0.1, 0.15) is 21.6 Å². The van der Waals surface area contributed by atoms with Crippen molar-refractivity contribution in [1.82, 2.24) is 9.78 Å². The second-order valence-electron chi connectivity index (χ2n) is 5.68. The second-order valence-corrected chi connectivity index (χ2v) is 6.48. The van der Waals surface area contributed by atoms with E-state index in [1.807, 2.05) is 0 Å². The number of hydrogen-bond acceptors (Lipinski definition) is 3. The van der Waals surface area contributed by atoms with Crippen molar-refractivity contribution in [2.75, 3.05) is 5.32 Å². The molecule has 0 saturated heterocycles. The Labute approximate surface area is 156 Å². The summed E-state index contributed by atoms with van der Waals surface area (Å²) in [6.45, 7) is 3.44. The Hall–Kier alpha value is -2.74. The van der Waals surface area contributed by atoms with Gasteiger partial charge in [-0.25, -0.2) is 18.3 Å². The third-order valence-corrected chi connectivity index (χ3v) is 4.82. The van der Waals surface area contributed by atoms with Gasteiger partial charge < -0.3 is 10.4 Å². The number of halogens is 3. The Morgan fingerprint density at radius 3 is 2.65 bits per heavy atom. The maximum absolute atomic E-state index is 14.2. The van der Waals surface area contributed by atoms with Gasteiger partial charge in [-0.3, -0.25) is 0 Å². The van der Waals surface area contributed by atoms with E-state index >= 15 is 0 Å². The van der Waals surface area contributed by atoms with Gasteiger partial charge in [0.2, 0.25) is 0 Å². The van der Waals surface area contributed by atoms with Gasteiger partial charge in [0.25, 0.3) is 0 Å². The van der Waals surface area contributed by atoms with Crippen LogP contribution in [0.4, 0.5) is 20.3 Å². The van der Waals surface area contributed by atoms with Crippen molar-refractivity contribution in [3.63, 3.8) is 0 Å². The van der Waals surface area contributed by atoms with E-state index < -0.39 is 17.6 Å². The highest BCUT2D eigenvalue weighted by atomic mass is 79.9. The molecule has 1 aromatic heterocycles. The Balaban J connectivity index is 2.19. The number of carboxylic acid groups (broad SMARTS) is 1. The number of nitrogens with one attached hydrogen (secondary N) is 1. The van der Waals surface area contributed by atoms with Crippen LogP contribution < -0.4 is 5.32 Å². The fourth-order valence-electron chi connectivity index (χ4n) is 2.57. The third-order valence-electron chi connectivity index (χ3n) is 3.87. The van der Waals surface area contributed by atoms with Crippen LogP contribution in [0.5, 0.6) is 0 Å². The van der Waals surface area contributed by atoms with Crippen LogP contribution in [0.25, 0.3) is 5.69 Å². The number of aromatic carboxylic acids is 1. The minimum absolute atomic E-state index is 0.0574. The summed E-state index contributed by atoms with van der Waals surface area (Å²) in [5.41, 5.74) is 1.52. The Morgan fingerprint density at radius 2 is 1.96 bits per heavy atom. The average Bonchev–Trinajstić information content (AvgIpc) is 2.86. The molecule has 0 aliphatic carbocycles. The first-order valence-electron chi connectivity index (χ1n) is 7.60. The fourth-order valence-corrected chi connectivity index (χ4v) is 2.92. The maximum atomic E-state index is 14.2. The summed E-state index contributed by atoms with van der Waals surface area (Å²) in [5, 5.41) is 16.7. The zero-order valence-corrected chi connectivity index (χ0v) is 15.4. The molecule has 5 nitrogen and oxygen atoms in total. The van der Waals surface area contributed by atoms with Crippen LogP contribution >= 0.6 is 15.9 Å². The van der Waals surface area contributed by atoms with E-state index in [1.165, 1.54) is 10.7 Å². The van der Waals surface area contributed by atoms with Gasteiger partial charge in [0.05, 0.1) is 21.4 Å². The molecule has 3 rings (SSSR count). The van der Waals surface area contributed by atoms with E-state index in [1.54, 1.807) is 26.0 Å². The molecule has 0 amide bonds. The summed E-state index contributed by atoms with van der Waals surface area (Å²) in [5.74, 6) is -2.08. The van der Waals surface area contributed by atoms with Gasteiger partial charge in [-0.05, 0) is 53.5 Å². The number of aromatic nitrogens is 2. The predicted molar refractivity (Wildman–Crippen MR) is 97.3 cm³/mol. The number of carboxylic acids is 1. The fraction of sp³-hybridized carbons (Fsp3) is 0.111. The van der Waals surface area contributed by atoms with Crippen molar-refractivity contribution < 1.29 is 18.7 Å². The number of para-hydroxylation sites is 1. The summed E-state index contributed by atoms with van der Waals surface area (Å²) in [7, 11) is 0. The van der Waals surface area contributed by atoms with Crippen molar-refractivity contribution in [2.24, 2.45) is 0 Å². The van der Waals surface area contributed by atoms with Crippen LogP contribution in [0.3, 0.4) is 0 Å². The smallest absolute Gasteiger partial charge is 0.337 e. The molecule has 0 spiro atoms. The first-order chi connectivity index (χ1) is 12.3. The van der Waals surface area contributed by atoms with Crippen LogP contribution in [0, 0.1) is 25.5 Å². The normalized spacial score (nSPS) is 10.8. The van der Waals surface area contributed by atoms with Gasteiger partial charge in [-0.2, -0.15) is 5.10 Å². The van der Waals surface area contributed by atoms with E-state index in [-0.39, 0.29) is 11.3 Å². The van der Waals surface area contributed by atoms with Gasteiger partial charge in [0.1, 0.15) is 23.1 Å². The van der Waals surface area contributed by atoms with E-state index in [0.29, 0.717) is 27.2 Å². The Morgan fingerprint density at radius 1 is 1.23 bits per heavy atom. The van der Waals surface area contributed by atoms with Crippen molar-refractivity contribution in [2.45, 2.75) is 13.8 Å². The molecule has 0 saturated carbocycles. The van der Waals surface area contributed by atoms with Crippen molar-refractivity contribution in [1.29, 1.82) is 0 Å². The molecule has 134 valence electrons. The summed E-state index contributed by atoms with van der Waals surface area (Å²) in [6.07, 6.45) is 0. The summed E-state index contributed by atoms with van der Waals surface area (Å²) < 4.78 is 29.6. The molecule has 2 aromatic carbocycles. The van der Waals surface area contributed by atoms with Gasteiger partial charge in [0.15, 0.2) is 0 Å². The number of benzene rings is 2. The lowest BCUT2D eigenvalue weighted by atomic mass is 10.1. The van der Waals surface area contributed by atoms with Crippen molar-refractivity contribution in [3.8, 4) is 5.69 Å². The van der Waals surface area contributed by atoms with Crippen molar-refractivity contribution in [3.05, 3.63) is 69.3 Å². The maximum Gasteiger partial charge on any atom is 0.337 e. The van der Waals surface area contributed by atoms with E-state index in [9.17, 15) is 18.7 Å². The van der Waals surface area contributed by atoms with Crippen LogP contribution in [0.2, 0.25) is 0 Å². The number of aryl methyl sites for hydroxylation is 2. The van der Waals surface area contributed by atoms with Gasteiger partial charge in [-0.15, -0.1) is 0 Å². The molecule has 0 bridgehead atoms. The van der Waals surface area contributed by atoms with Crippen LogP contribution in [0.15, 0.2) is 40.9 Å². The largest absolute Gasteiger partial charge is 0.478 e. The minimum atomic E-state index is -1.10. The van der Waals surface area contributed by atoms with E-state index in [4.69, 9.17) is 0 Å². The quantitative estimate of drug-likeness (QED) is 0.623. The summed E-state index contributed by atoms with van der Waals surface area (Å²) in [4.78, 5) is 11.5. The highest BCUT2D eigenvalue weighted by Gasteiger charge is 2.20. The zero-order valence-electron chi connectivity index (χ0n) is 13.8. The molecule has 0 fully saturated rings. The molecule has 1 heterocycles. The number of hydrogen-bond donors (Lipinski definition) is 2. The van der Waals surface area contributed by atoms with Crippen molar-refractivity contribution >= 4 is 33.4 Å². The lowest BCUT2D eigenvalue weighted by Crippen LogP contribution is -2.09. The Bertz CT molecular complexity index is 1020. The predicted octanol–water partition coefficient (Wildman–Crippen LogP) is 4.97. The molecule has 0 atom stereocenters. The molecule has 26 heavy (non-hydrogen) atoms. The summed E-state index contributed by atoms with van der Waals surface area (Å²) in [6, 6.07) is 7.89. The molecule has 0 aliphatic heterocycles.